The Kier molecular flexibility index (Phi) is 3.49. The van der Waals surface area contributed by atoms with Gasteiger partial charge >= 0.3 is 0 Å². The number of carbonyl (C=O) groups excluding carboxylic acids is 2. The highest BCUT2D eigenvalue weighted by Gasteiger charge is 3.01. The van der Waals surface area contributed by atoms with E-state index in [1.807, 2.05) is 84.9 Å². The van der Waals surface area contributed by atoms with E-state index in [4.69, 9.17) is 0 Å². The number of Topliss-reactive ketones (excluding diaryl/α,β-unsaturated/α-hetero) is 2. The Morgan fingerprint density at radius 1 is 0.618 bits per heavy atom. The van der Waals surface area contributed by atoms with Crippen LogP contribution in [0.4, 0.5) is 0 Å². The molecule has 160 valence electrons. The van der Waals surface area contributed by atoms with E-state index in [-0.39, 0.29) is 17.5 Å². The standard InChI is InChI=1S/C31H19NO2/c32-19-29-24-17-9-7-15-22(24)26-23-16-8-10-18-25(23)30(29,27(33)20-11-3-1-4-12-20)31(26,29)28(34)21-13-5-2-6-14-21/h1-18,26H/t26-,29-,30+,31+/m1/s1. The fourth-order valence-corrected chi connectivity index (χ4v) is 7.46. The molecule has 34 heavy (non-hydrogen) atoms. The monoisotopic (exact) mass is 437 g/mol. The van der Waals surface area contributed by atoms with Crippen LogP contribution in [0.5, 0.6) is 0 Å². The molecule has 0 bridgehead atoms. The molecule has 3 heteroatoms. The van der Waals surface area contributed by atoms with Crippen molar-refractivity contribution < 1.29 is 9.59 Å². The van der Waals surface area contributed by atoms with Crippen LogP contribution in [-0.2, 0) is 10.8 Å². The lowest BCUT2D eigenvalue weighted by Gasteiger charge is -2.23. The van der Waals surface area contributed by atoms with Crippen LogP contribution in [0.2, 0.25) is 0 Å². The van der Waals surface area contributed by atoms with Gasteiger partial charge in [-0.15, -0.1) is 0 Å². The molecule has 0 unspecified atom stereocenters. The molecule has 4 aromatic rings. The Labute approximate surface area is 197 Å². The molecule has 3 aliphatic rings. The topological polar surface area (TPSA) is 57.9 Å². The largest absolute Gasteiger partial charge is 0.293 e. The van der Waals surface area contributed by atoms with Crippen LogP contribution < -0.4 is 0 Å². The minimum absolute atomic E-state index is 0.128. The van der Waals surface area contributed by atoms with Gasteiger partial charge in [0.25, 0.3) is 0 Å². The summed E-state index contributed by atoms with van der Waals surface area (Å²) in [6.45, 7) is 0. The lowest BCUT2D eigenvalue weighted by Crippen LogP contribution is -2.33. The predicted octanol–water partition coefficient (Wildman–Crippen LogP) is 5.61. The minimum Gasteiger partial charge on any atom is -0.293 e. The van der Waals surface area contributed by atoms with Crippen molar-refractivity contribution >= 4 is 11.6 Å². The second-order valence-corrected chi connectivity index (χ2v) is 9.42. The van der Waals surface area contributed by atoms with E-state index in [1.165, 1.54) is 0 Å². The molecule has 4 atom stereocenters. The first-order valence-corrected chi connectivity index (χ1v) is 11.5. The summed E-state index contributed by atoms with van der Waals surface area (Å²) in [7, 11) is 0. The summed E-state index contributed by atoms with van der Waals surface area (Å²) in [6.07, 6.45) is 0. The third-order valence-corrected chi connectivity index (χ3v) is 8.41. The fourth-order valence-electron chi connectivity index (χ4n) is 7.46. The third kappa shape index (κ3) is 1.70. The fraction of sp³-hybridized carbons (Fsp3) is 0.129. The summed E-state index contributed by atoms with van der Waals surface area (Å²) in [4.78, 5) is 29.2. The second-order valence-electron chi connectivity index (χ2n) is 9.42. The number of nitriles is 1. The van der Waals surface area contributed by atoms with Crippen molar-refractivity contribution in [2.45, 2.75) is 16.7 Å². The maximum Gasteiger partial charge on any atom is 0.176 e. The SMILES string of the molecule is N#C[C@@]12c3ccccc3[C@@H]3c4ccccc4[C@@]1(C(=O)c1ccccc1)[C@]32C(=O)c1ccccc1. The number of benzene rings is 4. The molecule has 4 aromatic carbocycles. The quantitative estimate of drug-likeness (QED) is 0.390. The maximum absolute atomic E-state index is 14.6. The van der Waals surface area contributed by atoms with Crippen LogP contribution in [0.1, 0.15) is 48.9 Å². The highest BCUT2D eigenvalue weighted by atomic mass is 16.1. The summed E-state index contributed by atoms with van der Waals surface area (Å²) in [5, 5.41) is 10.9. The van der Waals surface area contributed by atoms with Crippen LogP contribution in [0.3, 0.4) is 0 Å². The Bertz CT molecular complexity index is 1570. The van der Waals surface area contributed by atoms with Gasteiger partial charge in [-0.3, -0.25) is 9.59 Å². The Morgan fingerprint density at radius 3 is 1.68 bits per heavy atom. The average Bonchev–Trinajstić information content (AvgIpc) is 3.25. The second kappa shape index (κ2) is 6.18. The van der Waals surface area contributed by atoms with Crippen molar-refractivity contribution in [1.82, 2.24) is 0 Å². The lowest BCUT2D eigenvalue weighted by molar-refractivity contribution is 0.0818. The van der Waals surface area contributed by atoms with Crippen LogP contribution in [-0.4, -0.2) is 11.6 Å². The van der Waals surface area contributed by atoms with Gasteiger partial charge in [0.1, 0.15) is 5.41 Å². The van der Waals surface area contributed by atoms with Gasteiger partial charge in [0.05, 0.1) is 16.9 Å². The van der Waals surface area contributed by atoms with Gasteiger partial charge in [0, 0.05) is 17.0 Å². The van der Waals surface area contributed by atoms with Gasteiger partial charge < -0.3 is 0 Å². The molecule has 3 aliphatic carbocycles. The molecule has 0 N–H and O–H groups in total. The molecule has 0 heterocycles. The molecule has 0 spiro atoms. The van der Waals surface area contributed by atoms with Crippen molar-refractivity contribution in [2.75, 3.05) is 0 Å². The number of hydrogen-bond donors (Lipinski definition) is 0. The van der Waals surface area contributed by atoms with Crippen LogP contribution in [0, 0.1) is 16.7 Å². The van der Waals surface area contributed by atoms with Crippen molar-refractivity contribution in [3.63, 3.8) is 0 Å². The number of ketones is 2. The van der Waals surface area contributed by atoms with E-state index in [9.17, 15) is 14.9 Å². The van der Waals surface area contributed by atoms with E-state index in [0.29, 0.717) is 11.1 Å². The van der Waals surface area contributed by atoms with Gasteiger partial charge in [0.2, 0.25) is 0 Å². The molecule has 0 saturated heterocycles. The summed E-state index contributed by atoms with van der Waals surface area (Å²) in [5.74, 6) is -0.625. The Morgan fingerprint density at radius 2 is 1.09 bits per heavy atom. The average molecular weight is 437 g/mol. The van der Waals surface area contributed by atoms with E-state index >= 15 is 0 Å². The summed E-state index contributed by atoms with van der Waals surface area (Å²) in [6, 6.07) is 36.5. The summed E-state index contributed by atoms with van der Waals surface area (Å²) < 4.78 is 0. The first-order valence-electron chi connectivity index (χ1n) is 11.5. The van der Waals surface area contributed by atoms with E-state index in [2.05, 4.69) is 6.07 Å². The first-order chi connectivity index (χ1) is 16.7. The van der Waals surface area contributed by atoms with Gasteiger partial charge in [-0.2, -0.15) is 5.26 Å². The highest BCUT2D eigenvalue weighted by Crippen LogP contribution is 2.92. The molecule has 0 amide bonds. The zero-order valence-electron chi connectivity index (χ0n) is 18.2. The number of nitrogens with zero attached hydrogens (tertiary/aromatic N) is 1. The predicted molar refractivity (Wildman–Crippen MR) is 128 cm³/mol. The van der Waals surface area contributed by atoms with Crippen molar-refractivity contribution in [1.29, 1.82) is 5.26 Å². The number of rotatable bonds is 4. The Balaban J connectivity index is 1.64. The highest BCUT2D eigenvalue weighted by molar-refractivity contribution is 6.24. The van der Waals surface area contributed by atoms with Crippen LogP contribution in [0.15, 0.2) is 109 Å². The first kappa shape index (κ1) is 19.2. The zero-order chi connectivity index (χ0) is 23.1. The molecule has 3 nitrogen and oxygen atoms in total. The van der Waals surface area contributed by atoms with Gasteiger partial charge in [-0.05, 0) is 22.3 Å². The van der Waals surface area contributed by atoms with E-state index in [1.54, 1.807) is 24.3 Å². The molecule has 0 radical (unpaired) electrons. The number of carbonyl (C=O) groups is 2. The normalized spacial score (nSPS) is 28.9. The smallest absolute Gasteiger partial charge is 0.176 e. The Hall–Kier alpha value is -4.29. The third-order valence-electron chi connectivity index (χ3n) is 8.41. The minimum atomic E-state index is -1.27. The van der Waals surface area contributed by atoms with E-state index in [0.717, 1.165) is 22.3 Å². The van der Waals surface area contributed by atoms with Crippen LogP contribution in [0.25, 0.3) is 0 Å². The van der Waals surface area contributed by atoms with Gasteiger partial charge in [-0.1, -0.05) is 109 Å². The summed E-state index contributed by atoms with van der Waals surface area (Å²) in [5.41, 5.74) is 0.921. The van der Waals surface area contributed by atoms with Crippen LogP contribution >= 0.6 is 0 Å². The van der Waals surface area contributed by atoms with Crippen molar-refractivity contribution in [3.8, 4) is 6.07 Å². The number of hydrogen-bond acceptors (Lipinski definition) is 3. The molecule has 1 fully saturated rings. The van der Waals surface area contributed by atoms with E-state index < -0.39 is 16.2 Å². The number of fused-ring (bicyclic) bond motifs is 7. The van der Waals surface area contributed by atoms with Gasteiger partial charge in [0.15, 0.2) is 11.6 Å². The molecule has 0 aliphatic heterocycles. The van der Waals surface area contributed by atoms with Crippen molar-refractivity contribution in [3.05, 3.63) is 143 Å². The molecule has 1 saturated carbocycles. The lowest BCUT2D eigenvalue weighted by atomic mass is 9.75. The molecule has 7 rings (SSSR count). The summed E-state index contributed by atoms with van der Waals surface area (Å²) >= 11 is 0. The van der Waals surface area contributed by atoms with Crippen molar-refractivity contribution in [2.24, 2.45) is 5.41 Å². The molecular formula is C31H19NO2. The maximum atomic E-state index is 14.6. The van der Waals surface area contributed by atoms with Gasteiger partial charge in [-0.25, -0.2) is 0 Å². The zero-order valence-corrected chi connectivity index (χ0v) is 18.2. The molecular weight excluding hydrogens is 418 g/mol. The molecule has 0 aromatic heterocycles.